The number of nitrogens with one attached hydrogen (secondary N) is 1. The molecule has 1 fully saturated rings. The van der Waals surface area contributed by atoms with Gasteiger partial charge in [-0.1, -0.05) is 19.9 Å². The molecule has 0 aliphatic carbocycles. The van der Waals surface area contributed by atoms with Crippen molar-refractivity contribution in [3.63, 3.8) is 0 Å². The number of ether oxygens (including phenoxy) is 2. The second kappa shape index (κ2) is 10.7. The summed E-state index contributed by atoms with van der Waals surface area (Å²) in [6.07, 6.45) is 1.30. The largest absolute Gasteiger partial charge is 0.493 e. The van der Waals surface area contributed by atoms with Crippen molar-refractivity contribution < 1.29 is 9.47 Å². The monoisotopic (exact) mass is 461 g/mol. The molecule has 1 heterocycles. The number of methoxy groups -OCH3 is 1. The molecule has 6 heteroatoms. The SMILES string of the molecule is CCOc1ccc(CNC(=NC)N2CC(C)CC(C)C2)cc1OC.I. The van der Waals surface area contributed by atoms with Crippen LogP contribution in [0.5, 0.6) is 11.5 Å². The van der Waals surface area contributed by atoms with Crippen LogP contribution in [-0.4, -0.2) is 44.7 Å². The molecule has 1 aromatic carbocycles. The van der Waals surface area contributed by atoms with Gasteiger partial charge in [0.25, 0.3) is 0 Å². The van der Waals surface area contributed by atoms with E-state index in [0.29, 0.717) is 25.0 Å². The molecule has 2 unspecified atom stereocenters. The van der Waals surface area contributed by atoms with E-state index in [-0.39, 0.29) is 24.0 Å². The molecule has 0 saturated carbocycles. The lowest BCUT2D eigenvalue weighted by molar-refractivity contribution is 0.208. The highest BCUT2D eigenvalue weighted by Gasteiger charge is 2.23. The summed E-state index contributed by atoms with van der Waals surface area (Å²) in [5.74, 6) is 3.94. The highest BCUT2D eigenvalue weighted by Crippen LogP contribution is 2.28. The van der Waals surface area contributed by atoms with Gasteiger partial charge in [-0.25, -0.2) is 0 Å². The Balaban J connectivity index is 0.00000312. The summed E-state index contributed by atoms with van der Waals surface area (Å²) in [6.45, 7) is 10.1. The maximum Gasteiger partial charge on any atom is 0.193 e. The van der Waals surface area contributed by atoms with E-state index in [1.54, 1.807) is 7.11 Å². The summed E-state index contributed by atoms with van der Waals surface area (Å²) in [5, 5.41) is 3.48. The number of aliphatic imine (C=N–C) groups is 1. The third-order valence-corrected chi connectivity index (χ3v) is 4.36. The lowest BCUT2D eigenvalue weighted by atomic mass is 9.92. The van der Waals surface area contributed by atoms with Gasteiger partial charge in [-0.05, 0) is 42.9 Å². The Morgan fingerprint density at radius 1 is 1.24 bits per heavy atom. The van der Waals surface area contributed by atoms with E-state index >= 15 is 0 Å². The van der Waals surface area contributed by atoms with Crippen LogP contribution >= 0.6 is 24.0 Å². The lowest BCUT2D eigenvalue weighted by Crippen LogP contribution is -2.48. The van der Waals surface area contributed by atoms with Crippen molar-refractivity contribution in [2.24, 2.45) is 16.8 Å². The molecule has 0 spiro atoms. The Labute approximate surface area is 169 Å². The van der Waals surface area contributed by atoms with E-state index in [0.717, 1.165) is 36.1 Å². The molecule has 1 aliphatic rings. The molecule has 1 saturated heterocycles. The number of guanidine groups is 1. The van der Waals surface area contributed by atoms with Crippen molar-refractivity contribution in [1.29, 1.82) is 0 Å². The number of piperidine rings is 1. The van der Waals surface area contributed by atoms with Crippen LogP contribution in [0.1, 0.15) is 32.8 Å². The van der Waals surface area contributed by atoms with Crippen LogP contribution < -0.4 is 14.8 Å². The number of nitrogens with zero attached hydrogens (tertiary/aromatic N) is 2. The van der Waals surface area contributed by atoms with E-state index in [1.807, 2.05) is 26.1 Å². The third kappa shape index (κ3) is 6.24. The smallest absolute Gasteiger partial charge is 0.193 e. The summed E-state index contributed by atoms with van der Waals surface area (Å²) in [5.41, 5.74) is 1.15. The van der Waals surface area contributed by atoms with E-state index in [2.05, 4.69) is 35.1 Å². The number of halogens is 1. The maximum atomic E-state index is 5.57. The highest BCUT2D eigenvalue weighted by molar-refractivity contribution is 14.0. The molecule has 1 aliphatic heterocycles. The Morgan fingerprint density at radius 2 is 1.92 bits per heavy atom. The molecule has 142 valence electrons. The van der Waals surface area contributed by atoms with Crippen LogP contribution in [0.4, 0.5) is 0 Å². The second-order valence-corrected chi connectivity index (χ2v) is 6.67. The second-order valence-electron chi connectivity index (χ2n) is 6.67. The Morgan fingerprint density at radius 3 is 2.48 bits per heavy atom. The van der Waals surface area contributed by atoms with Crippen LogP contribution in [0.15, 0.2) is 23.2 Å². The zero-order valence-electron chi connectivity index (χ0n) is 16.0. The molecule has 1 aromatic rings. The first-order valence-electron chi connectivity index (χ1n) is 8.82. The summed E-state index contributed by atoms with van der Waals surface area (Å²) in [4.78, 5) is 6.83. The number of hydrogen-bond donors (Lipinski definition) is 1. The van der Waals surface area contributed by atoms with Crippen LogP contribution in [0.2, 0.25) is 0 Å². The van der Waals surface area contributed by atoms with E-state index in [9.17, 15) is 0 Å². The number of likely N-dealkylation sites (tertiary alicyclic amines) is 1. The van der Waals surface area contributed by atoms with Crippen molar-refractivity contribution in [1.82, 2.24) is 10.2 Å². The quantitative estimate of drug-likeness (QED) is 0.412. The first kappa shape index (κ1) is 21.9. The summed E-state index contributed by atoms with van der Waals surface area (Å²) >= 11 is 0. The van der Waals surface area contributed by atoms with Crippen molar-refractivity contribution in [2.75, 3.05) is 33.9 Å². The number of rotatable bonds is 5. The van der Waals surface area contributed by atoms with Crippen LogP contribution in [0.25, 0.3) is 0 Å². The number of benzene rings is 1. The van der Waals surface area contributed by atoms with Gasteiger partial charge in [-0.15, -0.1) is 24.0 Å². The minimum Gasteiger partial charge on any atom is -0.493 e. The van der Waals surface area contributed by atoms with Gasteiger partial charge in [0.15, 0.2) is 17.5 Å². The van der Waals surface area contributed by atoms with Gasteiger partial charge in [0.05, 0.1) is 13.7 Å². The first-order valence-corrected chi connectivity index (χ1v) is 8.82. The molecular formula is C19H32IN3O2. The van der Waals surface area contributed by atoms with Gasteiger partial charge in [-0.2, -0.15) is 0 Å². The summed E-state index contributed by atoms with van der Waals surface area (Å²) in [7, 11) is 3.52. The Kier molecular flexibility index (Phi) is 9.38. The Bertz CT molecular complexity index is 556. The lowest BCUT2D eigenvalue weighted by Gasteiger charge is -2.37. The molecule has 0 amide bonds. The molecule has 1 N–H and O–H groups in total. The van der Waals surface area contributed by atoms with Crippen molar-refractivity contribution in [3.8, 4) is 11.5 Å². The average Bonchev–Trinajstić information content (AvgIpc) is 2.56. The fraction of sp³-hybridized carbons (Fsp3) is 0.632. The minimum absolute atomic E-state index is 0. The van der Waals surface area contributed by atoms with Crippen LogP contribution in [0, 0.1) is 11.8 Å². The number of hydrogen-bond acceptors (Lipinski definition) is 3. The van der Waals surface area contributed by atoms with Crippen LogP contribution in [-0.2, 0) is 6.54 Å². The molecule has 2 atom stereocenters. The molecule has 25 heavy (non-hydrogen) atoms. The van der Waals surface area contributed by atoms with Gasteiger partial charge in [0.2, 0.25) is 0 Å². The molecule has 5 nitrogen and oxygen atoms in total. The van der Waals surface area contributed by atoms with Crippen molar-refractivity contribution in [3.05, 3.63) is 23.8 Å². The zero-order chi connectivity index (χ0) is 17.5. The fourth-order valence-electron chi connectivity index (χ4n) is 3.45. The topological polar surface area (TPSA) is 46.1 Å². The fourth-order valence-corrected chi connectivity index (χ4v) is 3.45. The molecule has 0 bridgehead atoms. The predicted molar refractivity (Wildman–Crippen MR) is 114 cm³/mol. The van der Waals surface area contributed by atoms with Gasteiger partial charge in [-0.3, -0.25) is 4.99 Å². The van der Waals surface area contributed by atoms with E-state index in [4.69, 9.17) is 9.47 Å². The normalized spacial score (nSPS) is 20.7. The molecule has 2 rings (SSSR count). The van der Waals surface area contributed by atoms with Gasteiger partial charge < -0.3 is 19.7 Å². The standard InChI is InChI=1S/C19H31N3O2.HI/c1-6-24-17-8-7-16(10-18(17)23-5)11-21-19(20-4)22-12-14(2)9-15(3)13-22;/h7-8,10,14-15H,6,9,11-13H2,1-5H3,(H,20,21);1H. The van der Waals surface area contributed by atoms with E-state index in [1.165, 1.54) is 6.42 Å². The minimum atomic E-state index is 0. The van der Waals surface area contributed by atoms with Crippen molar-refractivity contribution >= 4 is 29.9 Å². The highest BCUT2D eigenvalue weighted by atomic mass is 127. The first-order chi connectivity index (χ1) is 11.6. The summed E-state index contributed by atoms with van der Waals surface area (Å²) < 4.78 is 11.0. The van der Waals surface area contributed by atoms with E-state index < -0.39 is 0 Å². The van der Waals surface area contributed by atoms with Gasteiger partial charge in [0.1, 0.15) is 0 Å². The predicted octanol–water partition coefficient (Wildman–Crippen LogP) is 3.77. The molecule has 0 aromatic heterocycles. The maximum absolute atomic E-state index is 5.57. The average molecular weight is 461 g/mol. The molecular weight excluding hydrogens is 429 g/mol. The third-order valence-electron chi connectivity index (χ3n) is 4.36. The van der Waals surface area contributed by atoms with Crippen LogP contribution in [0.3, 0.4) is 0 Å². The van der Waals surface area contributed by atoms with Gasteiger partial charge in [0, 0.05) is 26.7 Å². The molecule has 0 radical (unpaired) electrons. The zero-order valence-corrected chi connectivity index (χ0v) is 18.4. The Hall–Kier alpha value is -1.18. The summed E-state index contributed by atoms with van der Waals surface area (Å²) in [6, 6.07) is 6.05. The van der Waals surface area contributed by atoms with Gasteiger partial charge >= 0.3 is 0 Å². The van der Waals surface area contributed by atoms with Crippen molar-refractivity contribution in [2.45, 2.75) is 33.7 Å².